The molecule has 2 aromatic rings. The number of carbonyl (C=O) groups is 1. The van der Waals surface area contributed by atoms with E-state index in [0.717, 1.165) is 34.7 Å². The van der Waals surface area contributed by atoms with Gasteiger partial charge in [0.15, 0.2) is 0 Å². The molecule has 0 saturated carbocycles. The Morgan fingerprint density at radius 1 is 1.53 bits per heavy atom. The van der Waals surface area contributed by atoms with Crippen LogP contribution in [0.25, 0.3) is 0 Å². The van der Waals surface area contributed by atoms with E-state index < -0.39 is 0 Å². The van der Waals surface area contributed by atoms with Crippen LogP contribution in [0.15, 0.2) is 28.2 Å². The minimum absolute atomic E-state index is 0.0648. The maximum atomic E-state index is 12.4. The van der Waals surface area contributed by atoms with E-state index in [1.807, 2.05) is 23.6 Å². The van der Waals surface area contributed by atoms with Gasteiger partial charge in [0.05, 0.1) is 9.48 Å². The third-order valence-corrected chi connectivity index (χ3v) is 4.38. The highest BCUT2D eigenvalue weighted by atomic mass is 79.9. The van der Waals surface area contributed by atoms with E-state index in [0.29, 0.717) is 0 Å². The van der Waals surface area contributed by atoms with Crippen LogP contribution in [0.1, 0.15) is 20.9 Å². The molecule has 0 spiro atoms. The van der Waals surface area contributed by atoms with Crippen LogP contribution in [-0.4, -0.2) is 17.0 Å². The molecule has 3 heterocycles. The van der Waals surface area contributed by atoms with Crippen LogP contribution < -0.4 is 5.32 Å². The van der Waals surface area contributed by atoms with Crippen molar-refractivity contribution in [2.24, 2.45) is 0 Å². The third kappa shape index (κ3) is 1.88. The first-order valence-corrected chi connectivity index (χ1v) is 7.12. The van der Waals surface area contributed by atoms with Gasteiger partial charge in [-0.2, -0.15) is 0 Å². The van der Waals surface area contributed by atoms with Crippen molar-refractivity contribution in [1.82, 2.24) is 9.88 Å². The summed E-state index contributed by atoms with van der Waals surface area (Å²) in [5.74, 6) is 0.0648. The van der Waals surface area contributed by atoms with E-state index >= 15 is 0 Å². The Hall–Kier alpha value is -0.910. The molecule has 0 radical (unpaired) electrons. The standard InChI is InChI=1S/C12H11BrN2OS/c13-11-6-8-7-14-4-3-9(8)15(11)12(16)10-2-1-5-17-10/h1-2,5-6,14H,3-4,7H2. The van der Waals surface area contributed by atoms with E-state index in [1.54, 1.807) is 4.57 Å². The molecule has 0 bridgehead atoms. The Morgan fingerprint density at radius 3 is 3.18 bits per heavy atom. The molecule has 1 aliphatic heterocycles. The highest BCUT2D eigenvalue weighted by Crippen LogP contribution is 2.25. The van der Waals surface area contributed by atoms with Crippen molar-refractivity contribution in [3.63, 3.8) is 0 Å². The number of hydrogen-bond acceptors (Lipinski definition) is 3. The van der Waals surface area contributed by atoms with Gasteiger partial charge in [-0.1, -0.05) is 6.07 Å². The Kier molecular flexibility index (Phi) is 2.90. The van der Waals surface area contributed by atoms with Crippen molar-refractivity contribution in [1.29, 1.82) is 0 Å². The Bertz CT molecular complexity index is 559. The van der Waals surface area contributed by atoms with Crippen molar-refractivity contribution in [2.45, 2.75) is 13.0 Å². The monoisotopic (exact) mass is 310 g/mol. The van der Waals surface area contributed by atoms with Crippen LogP contribution in [0.5, 0.6) is 0 Å². The zero-order valence-electron chi connectivity index (χ0n) is 9.07. The van der Waals surface area contributed by atoms with Gasteiger partial charge >= 0.3 is 0 Å². The van der Waals surface area contributed by atoms with Gasteiger partial charge < -0.3 is 5.32 Å². The van der Waals surface area contributed by atoms with Crippen molar-refractivity contribution in [3.8, 4) is 0 Å². The SMILES string of the molecule is O=C(c1cccs1)n1c(Br)cc2c1CCNC2. The predicted molar refractivity (Wildman–Crippen MR) is 71.6 cm³/mol. The van der Waals surface area contributed by atoms with Crippen LogP contribution in [0.4, 0.5) is 0 Å². The summed E-state index contributed by atoms with van der Waals surface area (Å²) in [6.07, 6.45) is 0.901. The summed E-state index contributed by atoms with van der Waals surface area (Å²) in [5, 5.41) is 5.24. The van der Waals surface area contributed by atoms with Gasteiger partial charge in [-0.25, -0.2) is 0 Å². The molecule has 3 nitrogen and oxygen atoms in total. The van der Waals surface area contributed by atoms with Gasteiger partial charge in [0.25, 0.3) is 5.91 Å². The average Bonchev–Trinajstić information content (AvgIpc) is 2.94. The smallest absolute Gasteiger partial charge is 0.273 e. The predicted octanol–water partition coefficient (Wildman–Crippen LogP) is 2.65. The molecule has 0 aromatic carbocycles. The van der Waals surface area contributed by atoms with Gasteiger partial charge in [-0.3, -0.25) is 9.36 Å². The Morgan fingerprint density at radius 2 is 2.41 bits per heavy atom. The number of halogens is 1. The van der Waals surface area contributed by atoms with E-state index in [2.05, 4.69) is 21.2 Å². The summed E-state index contributed by atoms with van der Waals surface area (Å²) in [6.45, 7) is 1.78. The second kappa shape index (κ2) is 4.40. The van der Waals surface area contributed by atoms with Gasteiger partial charge in [0.2, 0.25) is 0 Å². The first-order valence-electron chi connectivity index (χ1n) is 5.45. The lowest BCUT2D eigenvalue weighted by Crippen LogP contribution is -2.26. The minimum atomic E-state index is 0.0648. The van der Waals surface area contributed by atoms with Crippen LogP contribution in [0, 0.1) is 0 Å². The molecule has 1 N–H and O–H groups in total. The lowest BCUT2D eigenvalue weighted by atomic mass is 10.1. The van der Waals surface area contributed by atoms with E-state index in [4.69, 9.17) is 0 Å². The first kappa shape index (κ1) is 11.2. The summed E-state index contributed by atoms with van der Waals surface area (Å²) in [6, 6.07) is 5.81. The fourth-order valence-corrected chi connectivity index (χ4v) is 3.45. The maximum Gasteiger partial charge on any atom is 0.273 e. The van der Waals surface area contributed by atoms with Crippen LogP contribution in [-0.2, 0) is 13.0 Å². The van der Waals surface area contributed by atoms with Crippen molar-refractivity contribution < 1.29 is 4.79 Å². The first-order chi connectivity index (χ1) is 8.27. The molecule has 17 heavy (non-hydrogen) atoms. The molecule has 0 atom stereocenters. The van der Waals surface area contributed by atoms with Gasteiger partial charge in [0.1, 0.15) is 0 Å². The zero-order valence-corrected chi connectivity index (χ0v) is 11.5. The molecule has 0 unspecified atom stereocenters. The summed E-state index contributed by atoms with van der Waals surface area (Å²) < 4.78 is 2.65. The van der Waals surface area contributed by atoms with Crippen LogP contribution in [0.3, 0.4) is 0 Å². The number of hydrogen-bond donors (Lipinski definition) is 1. The maximum absolute atomic E-state index is 12.4. The molecule has 3 rings (SSSR count). The van der Waals surface area contributed by atoms with Crippen LogP contribution >= 0.6 is 27.3 Å². The summed E-state index contributed by atoms with van der Waals surface area (Å²) in [7, 11) is 0. The fourth-order valence-electron chi connectivity index (χ4n) is 2.15. The summed E-state index contributed by atoms with van der Waals surface area (Å²) >= 11 is 4.96. The lowest BCUT2D eigenvalue weighted by molar-refractivity contribution is 0.0958. The molecule has 88 valence electrons. The number of rotatable bonds is 1. The molecule has 0 saturated heterocycles. The molecule has 0 aliphatic carbocycles. The number of carbonyl (C=O) groups excluding carboxylic acids is 1. The fraction of sp³-hybridized carbons (Fsp3) is 0.250. The topological polar surface area (TPSA) is 34.0 Å². The second-order valence-electron chi connectivity index (χ2n) is 3.98. The molecule has 2 aromatic heterocycles. The quantitative estimate of drug-likeness (QED) is 0.878. The third-order valence-electron chi connectivity index (χ3n) is 2.94. The number of thiophene rings is 1. The largest absolute Gasteiger partial charge is 0.312 e. The zero-order chi connectivity index (χ0) is 11.8. The van der Waals surface area contributed by atoms with Gasteiger partial charge in [0, 0.05) is 25.2 Å². The summed E-state index contributed by atoms with van der Waals surface area (Å²) in [4.78, 5) is 13.2. The van der Waals surface area contributed by atoms with E-state index in [1.165, 1.54) is 16.9 Å². The molecule has 0 amide bonds. The number of nitrogens with zero attached hydrogens (tertiary/aromatic N) is 1. The number of aromatic nitrogens is 1. The van der Waals surface area contributed by atoms with Crippen molar-refractivity contribution in [3.05, 3.63) is 44.3 Å². The molecule has 0 fully saturated rings. The molecular weight excluding hydrogens is 300 g/mol. The number of nitrogens with one attached hydrogen (secondary N) is 1. The van der Waals surface area contributed by atoms with Gasteiger partial charge in [-0.15, -0.1) is 11.3 Å². The normalized spacial score (nSPS) is 14.6. The van der Waals surface area contributed by atoms with E-state index in [-0.39, 0.29) is 5.91 Å². The second-order valence-corrected chi connectivity index (χ2v) is 5.74. The van der Waals surface area contributed by atoms with Gasteiger partial charge in [-0.05, 0) is 39.0 Å². The average molecular weight is 311 g/mol. The number of fused-ring (bicyclic) bond motifs is 1. The lowest BCUT2D eigenvalue weighted by Gasteiger charge is -2.15. The highest BCUT2D eigenvalue weighted by Gasteiger charge is 2.22. The minimum Gasteiger partial charge on any atom is -0.312 e. The van der Waals surface area contributed by atoms with E-state index in [9.17, 15) is 4.79 Å². The van der Waals surface area contributed by atoms with Crippen molar-refractivity contribution >= 4 is 33.2 Å². The van der Waals surface area contributed by atoms with Crippen LogP contribution in [0.2, 0.25) is 0 Å². The highest BCUT2D eigenvalue weighted by molar-refractivity contribution is 9.10. The Balaban J connectivity index is 2.08. The molecule has 1 aliphatic rings. The summed E-state index contributed by atoms with van der Waals surface area (Å²) in [5.41, 5.74) is 2.35. The molecule has 5 heteroatoms. The van der Waals surface area contributed by atoms with Crippen molar-refractivity contribution in [2.75, 3.05) is 6.54 Å². The molecular formula is C12H11BrN2OS. The Labute approximate surface area is 112 Å².